The van der Waals surface area contributed by atoms with Crippen molar-refractivity contribution in [2.24, 2.45) is 0 Å². The Balaban J connectivity index is 1.97. The number of hydrogen-bond donors (Lipinski definition) is 1. The van der Waals surface area contributed by atoms with E-state index in [1.807, 2.05) is 18.2 Å². The lowest BCUT2D eigenvalue weighted by molar-refractivity contribution is 0.0738. The summed E-state index contributed by atoms with van der Waals surface area (Å²) in [5.74, 6) is 1.54. The van der Waals surface area contributed by atoms with Crippen LogP contribution in [0.5, 0.6) is 5.88 Å². The summed E-state index contributed by atoms with van der Waals surface area (Å²) in [6.07, 6.45) is 3.85. The lowest BCUT2D eigenvalue weighted by atomic mass is 9.75. The molecule has 1 fully saturated rings. The second-order valence-electron chi connectivity index (χ2n) is 4.89. The smallest absolute Gasteiger partial charge is 0.214 e. The van der Waals surface area contributed by atoms with Gasteiger partial charge in [-0.1, -0.05) is 6.07 Å². The third-order valence-electron chi connectivity index (χ3n) is 3.76. The number of rotatable bonds is 5. The molecule has 1 aromatic heterocycles. The molecule has 0 bridgehead atoms. The first-order chi connectivity index (χ1) is 8.16. The van der Waals surface area contributed by atoms with Crippen LogP contribution in [-0.4, -0.2) is 43.2 Å². The molecule has 0 unspecified atom stereocenters. The second kappa shape index (κ2) is 4.92. The second-order valence-corrected chi connectivity index (χ2v) is 4.89. The van der Waals surface area contributed by atoms with Crippen LogP contribution in [0, 0.1) is 0 Å². The lowest BCUT2D eigenvalue weighted by Crippen LogP contribution is -2.54. The van der Waals surface area contributed by atoms with Crippen molar-refractivity contribution in [3.05, 3.63) is 18.2 Å². The van der Waals surface area contributed by atoms with Crippen molar-refractivity contribution in [2.75, 3.05) is 33.1 Å². The highest BCUT2D eigenvalue weighted by Gasteiger charge is 2.38. The third kappa shape index (κ3) is 2.52. The molecule has 0 aromatic carbocycles. The number of nitrogens with one attached hydrogen (secondary N) is 1. The summed E-state index contributed by atoms with van der Waals surface area (Å²) in [6, 6.07) is 5.79. The topological polar surface area (TPSA) is 37.4 Å². The first-order valence-electron chi connectivity index (χ1n) is 6.09. The minimum Gasteiger partial charge on any atom is -0.481 e. The molecule has 94 valence electrons. The van der Waals surface area contributed by atoms with Crippen molar-refractivity contribution < 1.29 is 4.74 Å². The fourth-order valence-electron chi connectivity index (χ4n) is 2.25. The van der Waals surface area contributed by atoms with Gasteiger partial charge in [-0.25, -0.2) is 0 Å². The van der Waals surface area contributed by atoms with Gasteiger partial charge in [-0.3, -0.25) is 0 Å². The summed E-state index contributed by atoms with van der Waals surface area (Å²) >= 11 is 0. The van der Waals surface area contributed by atoms with Gasteiger partial charge in [-0.05, 0) is 39.4 Å². The maximum absolute atomic E-state index is 5.11. The van der Waals surface area contributed by atoms with Crippen LogP contribution >= 0.6 is 0 Å². The Kier molecular flexibility index (Phi) is 3.52. The largest absolute Gasteiger partial charge is 0.481 e. The van der Waals surface area contributed by atoms with Crippen molar-refractivity contribution >= 4 is 5.82 Å². The Morgan fingerprint density at radius 1 is 1.41 bits per heavy atom. The van der Waals surface area contributed by atoms with E-state index in [0.717, 1.165) is 12.4 Å². The molecule has 1 heterocycles. The summed E-state index contributed by atoms with van der Waals surface area (Å²) < 4.78 is 5.11. The molecule has 1 N–H and O–H groups in total. The van der Waals surface area contributed by atoms with Gasteiger partial charge in [0.15, 0.2) is 0 Å². The average Bonchev–Trinajstić information content (AvgIpc) is 2.27. The zero-order valence-corrected chi connectivity index (χ0v) is 10.9. The van der Waals surface area contributed by atoms with Crippen LogP contribution < -0.4 is 10.1 Å². The van der Waals surface area contributed by atoms with Crippen molar-refractivity contribution in [3.8, 4) is 5.88 Å². The lowest BCUT2D eigenvalue weighted by Gasteiger charge is -2.47. The number of nitrogens with zero attached hydrogens (tertiary/aromatic N) is 2. The van der Waals surface area contributed by atoms with Crippen LogP contribution in [0.2, 0.25) is 0 Å². The first-order valence-corrected chi connectivity index (χ1v) is 6.09. The van der Waals surface area contributed by atoms with Gasteiger partial charge < -0.3 is 15.0 Å². The van der Waals surface area contributed by atoms with Gasteiger partial charge in [0.25, 0.3) is 0 Å². The van der Waals surface area contributed by atoms with E-state index in [1.165, 1.54) is 19.3 Å². The predicted molar refractivity (Wildman–Crippen MR) is 69.5 cm³/mol. The maximum atomic E-state index is 5.11. The van der Waals surface area contributed by atoms with Gasteiger partial charge >= 0.3 is 0 Å². The molecule has 0 amide bonds. The van der Waals surface area contributed by atoms with E-state index in [2.05, 4.69) is 29.3 Å². The molecule has 1 saturated carbocycles. The molecule has 0 radical (unpaired) electrons. The minimum atomic E-state index is 0.310. The van der Waals surface area contributed by atoms with Crippen molar-refractivity contribution in [1.82, 2.24) is 9.88 Å². The zero-order chi connectivity index (χ0) is 12.3. The van der Waals surface area contributed by atoms with E-state index in [1.54, 1.807) is 7.11 Å². The third-order valence-corrected chi connectivity index (χ3v) is 3.76. The normalized spacial score (nSPS) is 17.6. The number of likely N-dealkylation sites (N-methyl/N-ethyl adjacent to an activating group) is 1. The highest BCUT2D eigenvalue weighted by atomic mass is 16.5. The Morgan fingerprint density at radius 3 is 2.71 bits per heavy atom. The molecule has 0 spiro atoms. The zero-order valence-electron chi connectivity index (χ0n) is 10.9. The Morgan fingerprint density at radius 2 is 2.18 bits per heavy atom. The summed E-state index contributed by atoms with van der Waals surface area (Å²) in [5.41, 5.74) is 0.310. The highest BCUT2D eigenvalue weighted by molar-refractivity contribution is 5.37. The standard InChI is InChI=1S/C13H21N3O/c1-16(2)13(8-5-9-13)10-14-11-6-4-7-12(15-11)17-3/h4,6-7H,5,8-10H2,1-3H3,(H,14,15). The van der Waals surface area contributed by atoms with E-state index in [0.29, 0.717) is 11.4 Å². The van der Waals surface area contributed by atoms with Crippen molar-refractivity contribution in [3.63, 3.8) is 0 Å². The first kappa shape index (κ1) is 12.2. The average molecular weight is 235 g/mol. The van der Waals surface area contributed by atoms with Gasteiger partial charge in [-0.15, -0.1) is 0 Å². The number of pyridine rings is 1. The molecule has 1 aliphatic carbocycles. The highest BCUT2D eigenvalue weighted by Crippen LogP contribution is 2.36. The fraction of sp³-hybridized carbons (Fsp3) is 0.615. The Bertz CT molecular complexity index is 375. The summed E-state index contributed by atoms with van der Waals surface area (Å²) in [4.78, 5) is 6.68. The van der Waals surface area contributed by atoms with Crippen molar-refractivity contribution in [1.29, 1.82) is 0 Å². The molecule has 0 aliphatic heterocycles. The number of aromatic nitrogens is 1. The quantitative estimate of drug-likeness (QED) is 0.847. The molecule has 0 saturated heterocycles. The Hall–Kier alpha value is -1.29. The molecule has 1 aromatic rings. The molecule has 4 heteroatoms. The fourth-order valence-corrected chi connectivity index (χ4v) is 2.25. The number of methoxy groups -OCH3 is 1. The Labute approximate surface area is 103 Å². The number of anilines is 1. The van der Waals surface area contributed by atoms with Gasteiger partial charge in [0.05, 0.1) is 7.11 Å². The van der Waals surface area contributed by atoms with Crippen molar-refractivity contribution in [2.45, 2.75) is 24.8 Å². The predicted octanol–water partition coefficient (Wildman–Crippen LogP) is 1.99. The van der Waals surface area contributed by atoms with E-state index in [-0.39, 0.29) is 0 Å². The van der Waals surface area contributed by atoms with Gasteiger partial charge in [-0.2, -0.15) is 4.98 Å². The van der Waals surface area contributed by atoms with Crippen LogP contribution in [0.3, 0.4) is 0 Å². The number of ether oxygens (including phenoxy) is 1. The molecule has 17 heavy (non-hydrogen) atoms. The van der Waals surface area contributed by atoms with Crippen LogP contribution in [0.4, 0.5) is 5.82 Å². The van der Waals surface area contributed by atoms with Gasteiger partial charge in [0, 0.05) is 18.2 Å². The van der Waals surface area contributed by atoms with E-state index >= 15 is 0 Å². The van der Waals surface area contributed by atoms with Crippen LogP contribution in [-0.2, 0) is 0 Å². The summed E-state index contributed by atoms with van der Waals surface area (Å²) in [7, 11) is 5.94. The SMILES string of the molecule is COc1cccc(NCC2(N(C)C)CCC2)n1. The van der Waals surface area contributed by atoms with Crippen LogP contribution in [0.15, 0.2) is 18.2 Å². The van der Waals surface area contributed by atoms with Gasteiger partial charge in [0.1, 0.15) is 5.82 Å². The summed E-state index contributed by atoms with van der Waals surface area (Å²) in [6.45, 7) is 0.945. The number of hydrogen-bond acceptors (Lipinski definition) is 4. The van der Waals surface area contributed by atoms with Gasteiger partial charge in [0.2, 0.25) is 5.88 Å². The monoisotopic (exact) mass is 235 g/mol. The summed E-state index contributed by atoms with van der Waals surface area (Å²) in [5, 5.41) is 3.41. The molecule has 1 aliphatic rings. The molecule has 4 nitrogen and oxygen atoms in total. The van der Waals surface area contributed by atoms with Crippen LogP contribution in [0.1, 0.15) is 19.3 Å². The molecule has 2 rings (SSSR count). The van der Waals surface area contributed by atoms with E-state index in [4.69, 9.17) is 4.74 Å². The molecule has 0 atom stereocenters. The van der Waals surface area contributed by atoms with E-state index < -0.39 is 0 Å². The van der Waals surface area contributed by atoms with E-state index in [9.17, 15) is 0 Å². The minimum absolute atomic E-state index is 0.310. The molecular weight excluding hydrogens is 214 g/mol. The molecular formula is C13H21N3O. The van der Waals surface area contributed by atoms with Crippen LogP contribution in [0.25, 0.3) is 0 Å². The maximum Gasteiger partial charge on any atom is 0.214 e.